The molecule has 1 aromatic rings. The molecule has 1 atom stereocenters. The van der Waals surface area contributed by atoms with E-state index in [2.05, 4.69) is 4.90 Å². The molecule has 1 aromatic carbocycles. The normalized spacial score (nSPS) is 12.4. The van der Waals surface area contributed by atoms with Crippen LogP contribution in [0.15, 0.2) is 30.3 Å². The quantitative estimate of drug-likeness (QED) is 0.534. The highest BCUT2D eigenvalue weighted by Gasteiger charge is 2.22. The highest BCUT2D eigenvalue weighted by Crippen LogP contribution is 2.19. The van der Waals surface area contributed by atoms with Crippen LogP contribution < -0.4 is 0 Å². The second-order valence-electron chi connectivity index (χ2n) is 4.57. The number of hydrogen-bond donors (Lipinski definition) is 0. The highest BCUT2D eigenvalue weighted by atomic mass is 16.6. The Bertz CT molecular complexity index is 365. The predicted octanol–water partition coefficient (Wildman–Crippen LogP) is 2.26. The molecule has 4 nitrogen and oxygen atoms in total. The van der Waals surface area contributed by atoms with Gasteiger partial charge in [-0.1, -0.05) is 30.3 Å². The zero-order valence-electron chi connectivity index (χ0n) is 12.0. The van der Waals surface area contributed by atoms with Crippen molar-refractivity contribution in [3.05, 3.63) is 35.9 Å². The third-order valence-electron chi connectivity index (χ3n) is 2.64. The van der Waals surface area contributed by atoms with Crippen molar-refractivity contribution < 1.29 is 14.3 Å². The Morgan fingerprint density at radius 3 is 2.53 bits per heavy atom. The van der Waals surface area contributed by atoms with E-state index in [1.165, 1.54) is 0 Å². The van der Waals surface area contributed by atoms with Gasteiger partial charge in [0, 0.05) is 6.61 Å². The van der Waals surface area contributed by atoms with Crippen molar-refractivity contribution in [1.82, 2.24) is 4.90 Å². The van der Waals surface area contributed by atoms with Crippen LogP contribution in [0.2, 0.25) is 0 Å². The summed E-state index contributed by atoms with van der Waals surface area (Å²) in [4.78, 5) is 14.0. The number of nitrogens with zero attached hydrogens (tertiary/aromatic N) is 1. The van der Waals surface area contributed by atoms with Gasteiger partial charge in [-0.3, -0.25) is 0 Å². The Morgan fingerprint density at radius 2 is 1.95 bits per heavy atom. The van der Waals surface area contributed by atoms with Crippen molar-refractivity contribution in [3.63, 3.8) is 0 Å². The molecule has 0 saturated heterocycles. The lowest BCUT2D eigenvalue weighted by Crippen LogP contribution is -2.21. The molecule has 0 aromatic heterocycles. The van der Waals surface area contributed by atoms with Gasteiger partial charge in [0.05, 0.1) is 6.61 Å². The highest BCUT2D eigenvalue weighted by molar-refractivity contribution is 5.76. The summed E-state index contributed by atoms with van der Waals surface area (Å²) in [7, 11) is 4.03. The molecule has 106 valence electrons. The minimum atomic E-state index is -0.622. The molecule has 0 spiro atoms. The number of ether oxygens (including phenoxy) is 2. The summed E-state index contributed by atoms with van der Waals surface area (Å²) in [5.74, 6) is -0.321. The van der Waals surface area contributed by atoms with E-state index in [0.717, 1.165) is 18.5 Å². The Kier molecular flexibility index (Phi) is 7.15. The summed E-state index contributed by atoms with van der Waals surface area (Å²) in [5, 5.41) is 0. The Balaban J connectivity index is 2.58. The fourth-order valence-electron chi connectivity index (χ4n) is 1.73. The summed E-state index contributed by atoms with van der Waals surface area (Å²) < 4.78 is 10.8. The first-order chi connectivity index (χ1) is 9.15. The molecule has 0 bridgehead atoms. The zero-order chi connectivity index (χ0) is 14.1. The lowest BCUT2D eigenvalue weighted by molar-refractivity contribution is -0.157. The van der Waals surface area contributed by atoms with Gasteiger partial charge in [0.1, 0.15) is 0 Å². The van der Waals surface area contributed by atoms with Crippen molar-refractivity contribution in [3.8, 4) is 0 Å². The van der Waals surface area contributed by atoms with E-state index in [0.29, 0.717) is 13.2 Å². The predicted molar refractivity (Wildman–Crippen MR) is 74.9 cm³/mol. The van der Waals surface area contributed by atoms with Crippen LogP contribution in [0.25, 0.3) is 0 Å². The number of carbonyl (C=O) groups is 1. The van der Waals surface area contributed by atoms with E-state index in [1.807, 2.05) is 44.4 Å². The number of benzene rings is 1. The molecule has 0 saturated carbocycles. The lowest BCUT2D eigenvalue weighted by atomic mass is 10.1. The molecule has 0 radical (unpaired) electrons. The summed E-state index contributed by atoms with van der Waals surface area (Å²) in [6.45, 7) is 3.64. The molecular formula is C15H23NO3. The molecular weight excluding hydrogens is 242 g/mol. The van der Waals surface area contributed by atoms with E-state index in [4.69, 9.17) is 9.47 Å². The summed E-state index contributed by atoms with van der Waals surface area (Å²) in [6.07, 6.45) is 0.263. The maximum Gasteiger partial charge on any atom is 0.339 e. The minimum Gasteiger partial charge on any atom is -0.464 e. The fraction of sp³-hybridized carbons (Fsp3) is 0.533. The van der Waals surface area contributed by atoms with Crippen molar-refractivity contribution in [1.29, 1.82) is 0 Å². The van der Waals surface area contributed by atoms with Gasteiger partial charge in [-0.25, -0.2) is 4.79 Å². The smallest absolute Gasteiger partial charge is 0.339 e. The van der Waals surface area contributed by atoms with Crippen LogP contribution in [0.4, 0.5) is 0 Å². The van der Waals surface area contributed by atoms with Gasteiger partial charge >= 0.3 is 5.97 Å². The van der Waals surface area contributed by atoms with Crippen molar-refractivity contribution in [2.45, 2.75) is 19.4 Å². The fourth-order valence-corrected chi connectivity index (χ4v) is 1.73. The van der Waals surface area contributed by atoms with E-state index in [9.17, 15) is 4.79 Å². The largest absolute Gasteiger partial charge is 0.464 e. The number of hydrogen-bond acceptors (Lipinski definition) is 4. The monoisotopic (exact) mass is 265 g/mol. The molecule has 1 rings (SSSR count). The number of esters is 1. The standard InChI is InChI=1S/C15H23NO3/c1-4-18-15(17)14(13-9-6-5-7-10-13)19-12-8-11-16(2)3/h5-7,9-10,14H,4,8,11-12H2,1-3H3. The molecule has 0 fully saturated rings. The Hall–Kier alpha value is -1.39. The number of rotatable bonds is 8. The van der Waals surface area contributed by atoms with E-state index in [-0.39, 0.29) is 5.97 Å². The van der Waals surface area contributed by atoms with Crippen LogP contribution in [-0.4, -0.2) is 44.7 Å². The maximum absolute atomic E-state index is 11.9. The molecule has 4 heteroatoms. The second kappa shape index (κ2) is 8.67. The van der Waals surface area contributed by atoms with E-state index < -0.39 is 6.10 Å². The van der Waals surface area contributed by atoms with Crippen LogP contribution in [0.3, 0.4) is 0 Å². The zero-order valence-corrected chi connectivity index (χ0v) is 12.0. The SMILES string of the molecule is CCOC(=O)C(OCCCN(C)C)c1ccccc1. The van der Waals surface area contributed by atoms with Gasteiger partial charge in [-0.15, -0.1) is 0 Å². The van der Waals surface area contributed by atoms with Gasteiger partial charge in [-0.05, 0) is 39.5 Å². The molecule has 0 aliphatic carbocycles. The van der Waals surface area contributed by atoms with Crippen LogP contribution in [0.5, 0.6) is 0 Å². The Labute approximate surface area is 115 Å². The maximum atomic E-state index is 11.9. The van der Waals surface area contributed by atoms with Crippen molar-refractivity contribution in [2.24, 2.45) is 0 Å². The molecule has 1 unspecified atom stereocenters. The molecule has 0 N–H and O–H groups in total. The molecule has 0 heterocycles. The van der Waals surface area contributed by atoms with Crippen molar-refractivity contribution in [2.75, 3.05) is 33.9 Å². The summed E-state index contributed by atoms with van der Waals surface area (Å²) in [5.41, 5.74) is 0.839. The van der Waals surface area contributed by atoms with E-state index in [1.54, 1.807) is 6.92 Å². The minimum absolute atomic E-state index is 0.321. The molecule has 0 aliphatic rings. The second-order valence-corrected chi connectivity index (χ2v) is 4.57. The van der Waals surface area contributed by atoms with Gasteiger partial charge in [0.25, 0.3) is 0 Å². The third-order valence-corrected chi connectivity index (χ3v) is 2.64. The number of carbonyl (C=O) groups excluding carboxylic acids is 1. The van der Waals surface area contributed by atoms with Crippen molar-refractivity contribution >= 4 is 5.97 Å². The molecule has 0 amide bonds. The first kappa shape index (κ1) is 15.7. The van der Waals surface area contributed by atoms with Gasteiger partial charge < -0.3 is 14.4 Å². The van der Waals surface area contributed by atoms with Gasteiger partial charge in [0.2, 0.25) is 0 Å². The Morgan fingerprint density at radius 1 is 1.26 bits per heavy atom. The van der Waals surface area contributed by atoms with Gasteiger partial charge in [0.15, 0.2) is 6.10 Å². The molecule has 19 heavy (non-hydrogen) atoms. The van der Waals surface area contributed by atoms with Crippen LogP contribution in [0, 0.1) is 0 Å². The summed E-state index contributed by atoms with van der Waals surface area (Å²) >= 11 is 0. The average Bonchev–Trinajstić information content (AvgIpc) is 2.39. The van der Waals surface area contributed by atoms with E-state index >= 15 is 0 Å². The first-order valence-electron chi connectivity index (χ1n) is 6.63. The molecule has 0 aliphatic heterocycles. The van der Waals surface area contributed by atoms with Crippen LogP contribution >= 0.6 is 0 Å². The first-order valence-corrected chi connectivity index (χ1v) is 6.63. The van der Waals surface area contributed by atoms with Crippen LogP contribution in [-0.2, 0) is 14.3 Å². The topological polar surface area (TPSA) is 38.8 Å². The summed E-state index contributed by atoms with van der Waals surface area (Å²) in [6, 6.07) is 9.47. The van der Waals surface area contributed by atoms with Gasteiger partial charge in [-0.2, -0.15) is 0 Å². The average molecular weight is 265 g/mol. The third kappa shape index (κ3) is 5.85. The van der Waals surface area contributed by atoms with Crippen LogP contribution in [0.1, 0.15) is 25.0 Å². The lowest BCUT2D eigenvalue weighted by Gasteiger charge is -2.17.